The second kappa shape index (κ2) is 8.02. The van der Waals surface area contributed by atoms with Crippen molar-refractivity contribution in [1.29, 1.82) is 0 Å². The highest BCUT2D eigenvalue weighted by atomic mass is 16.4. The molecule has 0 saturated heterocycles. The number of carbonyl (C=O) groups is 1. The maximum Gasteiger partial charge on any atom is 0.488 e. The molecule has 0 atom stereocenters. The van der Waals surface area contributed by atoms with Crippen LogP contribution in [0.2, 0.25) is 0 Å². The summed E-state index contributed by atoms with van der Waals surface area (Å²) in [5.41, 5.74) is 10.1. The van der Waals surface area contributed by atoms with E-state index < -0.39 is 13.0 Å². The zero-order chi connectivity index (χ0) is 22.2. The van der Waals surface area contributed by atoms with E-state index in [-0.39, 0.29) is 5.69 Å². The highest BCUT2D eigenvalue weighted by Crippen LogP contribution is 2.30. The van der Waals surface area contributed by atoms with Gasteiger partial charge in [0.1, 0.15) is 11.5 Å². The lowest BCUT2D eigenvalue weighted by atomic mass is 9.79. The number of nitrogens with two attached hydrogens (primary N) is 1. The SMILES string of the molecule is NC(=O)c1cccc2c(-c3nc4c(c(NCc5cccc(B(O)O)c5)n3)CCC4)nnn12. The number of rotatable bonds is 6. The van der Waals surface area contributed by atoms with Crippen molar-refractivity contribution < 1.29 is 14.8 Å². The molecule has 1 aromatic carbocycles. The highest BCUT2D eigenvalue weighted by Gasteiger charge is 2.23. The number of anilines is 1. The summed E-state index contributed by atoms with van der Waals surface area (Å²) in [5, 5.41) is 30.5. The third-order valence-corrected chi connectivity index (χ3v) is 5.55. The normalized spacial score (nSPS) is 12.7. The van der Waals surface area contributed by atoms with Crippen molar-refractivity contribution in [1.82, 2.24) is 24.8 Å². The predicted octanol–water partition coefficient (Wildman–Crippen LogP) is 0.0658. The Hall–Kier alpha value is -3.83. The van der Waals surface area contributed by atoms with Crippen LogP contribution in [0.1, 0.15) is 33.7 Å². The Morgan fingerprint density at radius 2 is 2.00 bits per heavy atom. The first-order valence-electron chi connectivity index (χ1n) is 10.2. The number of nitrogens with one attached hydrogen (secondary N) is 1. The molecule has 0 radical (unpaired) electrons. The van der Waals surface area contributed by atoms with E-state index in [0.29, 0.717) is 34.9 Å². The number of pyridine rings is 1. The molecule has 4 aromatic rings. The minimum Gasteiger partial charge on any atom is -0.423 e. The number of carbonyl (C=O) groups excluding carboxylic acids is 1. The molecule has 1 amide bonds. The van der Waals surface area contributed by atoms with Gasteiger partial charge < -0.3 is 21.1 Å². The number of nitrogens with zero attached hydrogens (tertiary/aromatic N) is 5. The van der Waals surface area contributed by atoms with Gasteiger partial charge in [-0.15, -0.1) is 5.10 Å². The van der Waals surface area contributed by atoms with Crippen LogP contribution in [0, 0.1) is 0 Å². The minimum atomic E-state index is -1.52. The topological polar surface area (TPSA) is 152 Å². The van der Waals surface area contributed by atoms with E-state index in [0.717, 1.165) is 36.1 Å². The number of aromatic nitrogens is 5. The highest BCUT2D eigenvalue weighted by molar-refractivity contribution is 6.58. The summed E-state index contributed by atoms with van der Waals surface area (Å²) in [6, 6.07) is 12.2. The van der Waals surface area contributed by atoms with Gasteiger partial charge in [-0.2, -0.15) is 0 Å². The number of benzene rings is 1. The van der Waals surface area contributed by atoms with Crippen molar-refractivity contribution in [3.63, 3.8) is 0 Å². The van der Waals surface area contributed by atoms with E-state index in [4.69, 9.17) is 15.7 Å². The van der Waals surface area contributed by atoms with E-state index in [1.807, 2.05) is 6.07 Å². The zero-order valence-electron chi connectivity index (χ0n) is 17.1. The van der Waals surface area contributed by atoms with Crippen molar-refractivity contribution in [2.75, 3.05) is 5.32 Å². The molecule has 1 aliphatic carbocycles. The molecule has 11 heteroatoms. The number of amides is 1. The molecular weight excluding hydrogens is 409 g/mol. The van der Waals surface area contributed by atoms with Gasteiger partial charge >= 0.3 is 7.12 Å². The molecule has 1 aliphatic rings. The number of fused-ring (bicyclic) bond motifs is 2. The monoisotopic (exact) mass is 429 g/mol. The smallest absolute Gasteiger partial charge is 0.423 e. The van der Waals surface area contributed by atoms with Crippen LogP contribution in [0.25, 0.3) is 17.0 Å². The van der Waals surface area contributed by atoms with Crippen molar-refractivity contribution >= 4 is 29.8 Å². The van der Waals surface area contributed by atoms with Gasteiger partial charge in [-0.3, -0.25) is 4.79 Å². The summed E-state index contributed by atoms with van der Waals surface area (Å²) in [7, 11) is -1.52. The first-order chi connectivity index (χ1) is 15.5. The molecule has 0 bridgehead atoms. The van der Waals surface area contributed by atoms with Crippen molar-refractivity contribution in [2.24, 2.45) is 5.73 Å². The Balaban J connectivity index is 1.52. The first kappa shape index (κ1) is 20.1. The van der Waals surface area contributed by atoms with E-state index in [2.05, 4.69) is 15.6 Å². The summed E-state index contributed by atoms with van der Waals surface area (Å²) in [4.78, 5) is 21.2. The van der Waals surface area contributed by atoms with E-state index in [1.54, 1.807) is 36.4 Å². The third-order valence-electron chi connectivity index (χ3n) is 5.55. The Kier molecular flexibility index (Phi) is 5.04. The van der Waals surface area contributed by atoms with Crippen LogP contribution in [0.15, 0.2) is 42.5 Å². The van der Waals surface area contributed by atoms with Crippen LogP contribution >= 0.6 is 0 Å². The Bertz CT molecular complexity index is 1340. The summed E-state index contributed by atoms with van der Waals surface area (Å²) in [5.74, 6) is 0.536. The summed E-state index contributed by atoms with van der Waals surface area (Å²) >= 11 is 0. The van der Waals surface area contributed by atoms with Gasteiger partial charge in [0, 0.05) is 17.8 Å². The van der Waals surface area contributed by atoms with Gasteiger partial charge in [-0.1, -0.05) is 35.5 Å². The lowest BCUT2D eigenvalue weighted by molar-refractivity contribution is 0.0993. The molecule has 32 heavy (non-hydrogen) atoms. The van der Waals surface area contributed by atoms with Crippen molar-refractivity contribution in [2.45, 2.75) is 25.8 Å². The lowest BCUT2D eigenvalue weighted by Crippen LogP contribution is -2.30. The number of hydrogen-bond donors (Lipinski definition) is 4. The summed E-state index contributed by atoms with van der Waals surface area (Å²) < 4.78 is 1.40. The average molecular weight is 429 g/mol. The molecule has 5 rings (SSSR count). The van der Waals surface area contributed by atoms with Gasteiger partial charge in [-0.25, -0.2) is 14.5 Å². The Morgan fingerprint density at radius 3 is 2.81 bits per heavy atom. The lowest BCUT2D eigenvalue weighted by Gasteiger charge is -2.12. The number of primary amides is 1. The first-order valence-corrected chi connectivity index (χ1v) is 10.2. The second-order valence-electron chi connectivity index (χ2n) is 7.66. The second-order valence-corrected chi connectivity index (χ2v) is 7.66. The fraction of sp³-hybridized carbons (Fsp3) is 0.190. The zero-order valence-corrected chi connectivity index (χ0v) is 17.1. The standard InChI is InChI=1S/C21H20BN7O3/c23-19(30)17-9-3-8-16-18(27-28-29(16)17)21-25-15-7-2-6-14(15)20(26-21)24-11-12-4-1-5-13(10-12)22(31)32/h1,3-5,8-10,31-32H,2,6-7,11H2,(H2,23,30)(H,24,25,26). The third kappa shape index (κ3) is 3.57. The Labute approximate surface area is 183 Å². The minimum absolute atomic E-state index is 0.228. The maximum atomic E-state index is 11.7. The van der Waals surface area contributed by atoms with Crippen molar-refractivity contribution in [3.8, 4) is 11.5 Å². The van der Waals surface area contributed by atoms with Gasteiger partial charge in [-0.05, 0) is 42.4 Å². The predicted molar refractivity (Wildman–Crippen MR) is 118 cm³/mol. The molecule has 3 aromatic heterocycles. The molecule has 0 fully saturated rings. The summed E-state index contributed by atoms with van der Waals surface area (Å²) in [6.45, 7) is 0.456. The van der Waals surface area contributed by atoms with Gasteiger partial charge in [0.15, 0.2) is 11.5 Å². The molecule has 0 unspecified atom stereocenters. The van der Waals surface area contributed by atoms with Crippen LogP contribution in [0.5, 0.6) is 0 Å². The number of hydrogen-bond acceptors (Lipinski definition) is 8. The molecule has 0 saturated carbocycles. The molecule has 160 valence electrons. The van der Waals surface area contributed by atoms with Gasteiger partial charge in [0.2, 0.25) is 0 Å². The van der Waals surface area contributed by atoms with Crippen molar-refractivity contribution in [3.05, 3.63) is 65.0 Å². The van der Waals surface area contributed by atoms with Gasteiger partial charge in [0.05, 0.1) is 5.52 Å². The molecule has 0 aliphatic heterocycles. The largest absolute Gasteiger partial charge is 0.488 e. The molecular formula is C21H20BN7O3. The van der Waals surface area contributed by atoms with Crippen LogP contribution < -0.4 is 16.5 Å². The quantitative estimate of drug-likeness (QED) is 0.314. The molecule has 5 N–H and O–H groups in total. The molecule has 0 spiro atoms. The molecule has 10 nitrogen and oxygen atoms in total. The van der Waals surface area contributed by atoms with E-state index >= 15 is 0 Å². The average Bonchev–Trinajstić information content (AvgIpc) is 3.44. The van der Waals surface area contributed by atoms with Crippen LogP contribution in [-0.4, -0.2) is 47.9 Å². The van der Waals surface area contributed by atoms with Crippen LogP contribution in [-0.2, 0) is 19.4 Å². The number of aryl methyl sites for hydroxylation is 1. The fourth-order valence-electron chi connectivity index (χ4n) is 4.00. The van der Waals surface area contributed by atoms with E-state index in [9.17, 15) is 14.8 Å². The van der Waals surface area contributed by atoms with Crippen LogP contribution in [0.3, 0.4) is 0 Å². The Morgan fingerprint density at radius 1 is 1.16 bits per heavy atom. The van der Waals surface area contributed by atoms with Gasteiger partial charge in [0.25, 0.3) is 5.91 Å². The van der Waals surface area contributed by atoms with Crippen LogP contribution in [0.4, 0.5) is 5.82 Å². The fourth-order valence-corrected chi connectivity index (χ4v) is 4.00. The maximum absolute atomic E-state index is 11.7. The molecule has 3 heterocycles. The van der Waals surface area contributed by atoms with E-state index in [1.165, 1.54) is 4.52 Å². The summed E-state index contributed by atoms with van der Waals surface area (Å²) in [6.07, 6.45) is 2.71.